The largest absolute Gasteiger partial charge is 0.353 e. The van der Waals surface area contributed by atoms with Gasteiger partial charge in [-0.3, -0.25) is 4.79 Å². The van der Waals surface area contributed by atoms with Crippen molar-refractivity contribution < 1.29 is 4.79 Å². The van der Waals surface area contributed by atoms with E-state index in [1.54, 1.807) is 0 Å². The Bertz CT molecular complexity index is 225. The molecular formula is C11H20N2O. The van der Waals surface area contributed by atoms with Crippen LogP contribution in [0.4, 0.5) is 0 Å². The molecule has 0 radical (unpaired) electrons. The summed E-state index contributed by atoms with van der Waals surface area (Å²) in [6.45, 7) is 7.40. The maximum Gasteiger partial charge on any atom is 0.225 e. The summed E-state index contributed by atoms with van der Waals surface area (Å²) in [5.74, 6) is 1.65. The average Bonchev–Trinajstić information content (AvgIpc) is 2.62. The van der Waals surface area contributed by atoms with Crippen LogP contribution in [0.5, 0.6) is 0 Å². The fourth-order valence-electron chi connectivity index (χ4n) is 2.36. The molecule has 3 heteroatoms. The minimum Gasteiger partial charge on any atom is -0.353 e. The molecule has 3 aliphatic rings. The van der Waals surface area contributed by atoms with Gasteiger partial charge >= 0.3 is 0 Å². The van der Waals surface area contributed by atoms with Gasteiger partial charge in [0.2, 0.25) is 5.91 Å². The third-order valence-corrected chi connectivity index (χ3v) is 3.81. The van der Waals surface area contributed by atoms with Crippen LogP contribution >= 0.6 is 0 Å². The molecule has 3 rings (SSSR count). The molecular weight excluding hydrogens is 176 g/mol. The predicted molar refractivity (Wildman–Crippen MR) is 55.8 cm³/mol. The number of hydrogen-bond acceptors (Lipinski definition) is 2. The van der Waals surface area contributed by atoms with Gasteiger partial charge in [0.1, 0.15) is 0 Å². The molecule has 3 nitrogen and oxygen atoms in total. The maximum absolute atomic E-state index is 11.8. The first-order chi connectivity index (χ1) is 6.59. The molecule has 1 saturated carbocycles. The normalized spacial score (nSPS) is 36.7. The van der Waals surface area contributed by atoms with Gasteiger partial charge in [-0.15, -0.1) is 0 Å². The van der Waals surface area contributed by atoms with Crippen LogP contribution in [0.25, 0.3) is 0 Å². The van der Waals surface area contributed by atoms with Gasteiger partial charge in [0, 0.05) is 12.1 Å². The lowest BCUT2D eigenvalue weighted by Gasteiger charge is -2.34. The van der Waals surface area contributed by atoms with E-state index in [1.165, 1.54) is 6.42 Å². The molecule has 2 heterocycles. The maximum atomic E-state index is 11.8. The number of fused-ring (bicyclic) bond motifs is 1. The summed E-state index contributed by atoms with van der Waals surface area (Å²) in [5, 5.41) is 6.47. The van der Waals surface area contributed by atoms with Crippen molar-refractivity contribution in [2.45, 2.75) is 39.3 Å². The number of carbonyl (C=O) groups is 1. The van der Waals surface area contributed by atoms with Crippen molar-refractivity contribution >= 4 is 5.91 Å². The highest BCUT2D eigenvalue weighted by molar-refractivity contribution is 5.81. The predicted octanol–water partition coefficient (Wildman–Crippen LogP) is 0.755. The molecule has 0 aromatic heterocycles. The van der Waals surface area contributed by atoms with E-state index in [9.17, 15) is 4.79 Å². The van der Waals surface area contributed by atoms with E-state index in [4.69, 9.17) is 0 Å². The van der Waals surface area contributed by atoms with Crippen molar-refractivity contribution in [3.05, 3.63) is 0 Å². The standard InChI is InChI=1S/C11H20N2O/c1-6(2)7(3)13-11(14)10-8-4-9(10)12-5-8/h6-10,12H,4-5H2,1-3H3,(H,13,14). The Morgan fingerprint density at radius 3 is 2.57 bits per heavy atom. The van der Waals surface area contributed by atoms with Gasteiger partial charge < -0.3 is 10.6 Å². The lowest BCUT2D eigenvalue weighted by Crippen LogP contribution is -2.50. The van der Waals surface area contributed by atoms with E-state index < -0.39 is 0 Å². The molecule has 2 aliphatic heterocycles. The van der Waals surface area contributed by atoms with Crippen molar-refractivity contribution in [2.24, 2.45) is 17.8 Å². The van der Waals surface area contributed by atoms with Crippen LogP contribution < -0.4 is 10.6 Å². The van der Waals surface area contributed by atoms with Crippen LogP contribution in [0.3, 0.4) is 0 Å². The van der Waals surface area contributed by atoms with Gasteiger partial charge in [0.05, 0.1) is 5.92 Å². The van der Waals surface area contributed by atoms with Crippen LogP contribution in [-0.4, -0.2) is 24.5 Å². The Balaban J connectivity index is 1.85. The zero-order valence-electron chi connectivity index (χ0n) is 9.21. The summed E-state index contributed by atoms with van der Waals surface area (Å²) in [6, 6.07) is 0.766. The third kappa shape index (κ3) is 1.54. The lowest BCUT2D eigenvalue weighted by atomic mass is 9.73. The molecule has 80 valence electrons. The molecule has 14 heavy (non-hydrogen) atoms. The van der Waals surface area contributed by atoms with Crippen LogP contribution in [0.15, 0.2) is 0 Å². The minimum atomic E-state index is 0.260. The molecule has 0 aromatic rings. The number of hydrogen-bond donors (Lipinski definition) is 2. The van der Waals surface area contributed by atoms with Crippen LogP contribution in [-0.2, 0) is 4.79 Å². The Morgan fingerprint density at radius 2 is 2.14 bits per heavy atom. The zero-order valence-corrected chi connectivity index (χ0v) is 9.21. The van der Waals surface area contributed by atoms with Gasteiger partial charge in [0.15, 0.2) is 0 Å². The van der Waals surface area contributed by atoms with Crippen LogP contribution in [0.1, 0.15) is 27.2 Å². The fourth-order valence-corrected chi connectivity index (χ4v) is 2.36. The smallest absolute Gasteiger partial charge is 0.225 e. The van der Waals surface area contributed by atoms with Crippen molar-refractivity contribution in [3.63, 3.8) is 0 Å². The number of carbonyl (C=O) groups excluding carboxylic acids is 1. The quantitative estimate of drug-likeness (QED) is 0.699. The van der Waals surface area contributed by atoms with Crippen molar-refractivity contribution in [3.8, 4) is 0 Å². The molecule has 2 bridgehead atoms. The van der Waals surface area contributed by atoms with Gasteiger partial charge in [-0.2, -0.15) is 0 Å². The highest BCUT2D eigenvalue weighted by Gasteiger charge is 2.50. The lowest BCUT2D eigenvalue weighted by molar-refractivity contribution is -0.130. The topological polar surface area (TPSA) is 41.1 Å². The average molecular weight is 196 g/mol. The summed E-state index contributed by atoms with van der Waals surface area (Å²) in [7, 11) is 0. The summed E-state index contributed by atoms with van der Waals surface area (Å²) in [5.41, 5.74) is 0. The van der Waals surface area contributed by atoms with E-state index in [-0.39, 0.29) is 11.8 Å². The summed E-state index contributed by atoms with van der Waals surface area (Å²) < 4.78 is 0. The first-order valence-corrected chi connectivity index (χ1v) is 5.63. The highest BCUT2D eigenvalue weighted by atomic mass is 16.2. The first kappa shape index (κ1) is 9.97. The molecule has 0 spiro atoms. The zero-order chi connectivity index (χ0) is 10.3. The van der Waals surface area contributed by atoms with Crippen molar-refractivity contribution in [2.75, 3.05) is 6.54 Å². The van der Waals surface area contributed by atoms with Crippen molar-refractivity contribution in [1.82, 2.24) is 10.6 Å². The second-order valence-electron chi connectivity index (χ2n) is 5.08. The molecule has 4 unspecified atom stereocenters. The molecule has 2 N–H and O–H groups in total. The van der Waals surface area contributed by atoms with E-state index in [1.807, 2.05) is 0 Å². The molecule has 1 aliphatic carbocycles. The van der Waals surface area contributed by atoms with Gasteiger partial charge in [-0.25, -0.2) is 0 Å². The summed E-state index contributed by atoms with van der Waals surface area (Å²) in [6.07, 6.45) is 1.20. The summed E-state index contributed by atoms with van der Waals surface area (Å²) in [4.78, 5) is 11.8. The van der Waals surface area contributed by atoms with E-state index in [0.29, 0.717) is 23.9 Å². The number of amides is 1. The minimum absolute atomic E-state index is 0.260. The number of nitrogens with one attached hydrogen (secondary N) is 2. The van der Waals surface area contributed by atoms with Gasteiger partial charge in [-0.1, -0.05) is 13.8 Å². The van der Waals surface area contributed by atoms with E-state index in [2.05, 4.69) is 31.4 Å². The second kappa shape index (κ2) is 3.54. The molecule has 3 fully saturated rings. The summed E-state index contributed by atoms with van der Waals surface area (Å²) >= 11 is 0. The Hall–Kier alpha value is -0.570. The Morgan fingerprint density at radius 1 is 1.43 bits per heavy atom. The molecule has 1 amide bonds. The van der Waals surface area contributed by atoms with Gasteiger partial charge in [-0.05, 0) is 31.7 Å². The molecule has 4 atom stereocenters. The second-order valence-corrected chi connectivity index (χ2v) is 5.08. The molecule has 2 saturated heterocycles. The van der Waals surface area contributed by atoms with Gasteiger partial charge in [0.25, 0.3) is 0 Å². The first-order valence-electron chi connectivity index (χ1n) is 5.63. The highest BCUT2D eigenvalue weighted by Crippen LogP contribution is 2.40. The Labute approximate surface area is 85.6 Å². The van der Waals surface area contributed by atoms with E-state index >= 15 is 0 Å². The third-order valence-electron chi connectivity index (χ3n) is 3.81. The SMILES string of the molecule is CC(C)C(C)NC(=O)C1C2CNC1C2. The Kier molecular flexibility index (Phi) is 2.52. The fraction of sp³-hybridized carbons (Fsp3) is 0.909. The molecule has 0 aromatic carbocycles. The van der Waals surface area contributed by atoms with E-state index in [0.717, 1.165) is 6.54 Å². The van der Waals surface area contributed by atoms with Crippen molar-refractivity contribution in [1.29, 1.82) is 0 Å². The van der Waals surface area contributed by atoms with Crippen LogP contribution in [0.2, 0.25) is 0 Å². The monoisotopic (exact) mass is 196 g/mol. The van der Waals surface area contributed by atoms with Crippen LogP contribution in [0, 0.1) is 17.8 Å². The number of rotatable bonds is 3.